The Balaban J connectivity index is 1.41. The first-order valence-electron chi connectivity index (χ1n) is 12.6. The highest BCUT2D eigenvalue weighted by molar-refractivity contribution is 6.18. The van der Waals surface area contributed by atoms with Crippen LogP contribution in [0.25, 0.3) is 65.9 Å². The van der Waals surface area contributed by atoms with E-state index in [9.17, 15) is 0 Å². The van der Waals surface area contributed by atoms with Crippen molar-refractivity contribution in [3.05, 3.63) is 121 Å². The van der Waals surface area contributed by atoms with Crippen LogP contribution in [0.3, 0.4) is 0 Å². The maximum Gasteiger partial charge on any atom is 0.145 e. The molecule has 0 bridgehead atoms. The van der Waals surface area contributed by atoms with Crippen molar-refractivity contribution < 1.29 is 0 Å². The van der Waals surface area contributed by atoms with Gasteiger partial charge in [0.2, 0.25) is 0 Å². The number of fused-ring (bicyclic) bond motifs is 14. The van der Waals surface area contributed by atoms with Gasteiger partial charge in [0.15, 0.2) is 0 Å². The number of para-hydroxylation sites is 2. The molecule has 8 aromatic rings. The Morgan fingerprint density at radius 1 is 0.595 bits per heavy atom. The van der Waals surface area contributed by atoms with E-state index < -0.39 is 0 Å². The zero-order chi connectivity index (χ0) is 24.1. The summed E-state index contributed by atoms with van der Waals surface area (Å²) in [6.45, 7) is 0. The number of imidazole rings is 1. The molecule has 4 nitrogen and oxygen atoms in total. The van der Waals surface area contributed by atoms with Gasteiger partial charge in [0.25, 0.3) is 0 Å². The fourth-order valence-electron chi connectivity index (χ4n) is 6.65. The van der Waals surface area contributed by atoms with Crippen LogP contribution in [0.15, 0.2) is 110 Å². The average Bonchev–Trinajstić information content (AvgIpc) is 3.67. The summed E-state index contributed by atoms with van der Waals surface area (Å²) in [6.07, 6.45) is 8.69. The highest BCUT2D eigenvalue weighted by Crippen LogP contribution is 2.47. The van der Waals surface area contributed by atoms with Crippen LogP contribution in [-0.2, 0) is 6.42 Å². The van der Waals surface area contributed by atoms with Gasteiger partial charge in [-0.1, -0.05) is 54.6 Å². The Hall–Kier alpha value is -4.96. The van der Waals surface area contributed by atoms with Gasteiger partial charge in [0.05, 0.1) is 16.6 Å². The van der Waals surface area contributed by atoms with Gasteiger partial charge in [0, 0.05) is 58.4 Å². The molecular weight excluding hydrogens is 452 g/mol. The summed E-state index contributed by atoms with van der Waals surface area (Å²) in [6, 6.07) is 30.7. The van der Waals surface area contributed by atoms with Crippen LogP contribution in [0.2, 0.25) is 0 Å². The van der Waals surface area contributed by atoms with Crippen molar-refractivity contribution in [1.82, 2.24) is 18.9 Å². The molecule has 1 aliphatic rings. The Morgan fingerprint density at radius 2 is 1.41 bits per heavy atom. The van der Waals surface area contributed by atoms with Crippen LogP contribution in [0, 0.1) is 0 Å². The zero-order valence-electron chi connectivity index (χ0n) is 19.9. The molecule has 0 spiro atoms. The highest BCUT2D eigenvalue weighted by Gasteiger charge is 2.27. The molecule has 0 aliphatic heterocycles. The monoisotopic (exact) mass is 472 g/mol. The molecule has 0 atom stereocenters. The van der Waals surface area contributed by atoms with Crippen LogP contribution >= 0.6 is 0 Å². The molecule has 0 N–H and O–H groups in total. The number of aromatic nitrogens is 4. The molecule has 4 heteroatoms. The summed E-state index contributed by atoms with van der Waals surface area (Å²) in [7, 11) is 0. The molecule has 1 aliphatic carbocycles. The number of hydrogen-bond acceptors (Lipinski definition) is 2. The summed E-state index contributed by atoms with van der Waals surface area (Å²) in [5.41, 5.74) is 11.2. The average molecular weight is 473 g/mol. The predicted octanol–water partition coefficient (Wildman–Crippen LogP) is 7.70. The van der Waals surface area contributed by atoms with Gasteiger partial charge < -0.3 is 4.57 Å². The summed E-state index contributed by atoms with van der Waals surface area (Å²) >= 11 is 0. The third kappa shape index (κ3) is 2.37. The second-order valence-electron chi connectivity index (χ2n) is 9.88. The van der Waals surface area contributed by atoms with Crippen LogP contribution in [0.5, 0.6) is 0 Å². The molecule has 0 radical (unpaired) electrons. The fourth-order valence-corrected chi connectivity index (χ4v) is 6.65. The zero-order valence-corrected chi connectivity index (χ0v) is 19.9. The summed E-state index contributed by atoms with van der Waals surface area (Å²) in [5, 5.41) is 6.27. The molecule has 4 heterocycles. The lowest BCUT2D eigenvalue weighted by Gasteiger charge is -2.11. The normalized spacial score (nSPS) is 12.8. The van der Waals surface area contributed by atoms with E-state index >= 15 is 0 Å². The second-order valence-corrected chi connectivity index (χ2v) is 9.88. The van der Waals surface area contributed by atoms with E-state index in [1.807, 2.05) is 18.6 Å². The van der Waals surface area contributed by atoms with Crippen LogP contribution in [0.1, 0.15) is 11.1 Å². The van der Waals surface area contributed by atoms with E-state index in [4.69, 9.17) is 4.98 Å². The standard InChI is InChI=1S/C33H20N4/c1-2-6-20(7-3-1)37-29-9-5-4-8-24(29)31-25-18-26-21(22(25)12-13-30(31)37)10-11-23-27-19-34-15-14-28(27)36-17-16-35-33(36)32(23)26/h1-17,19H,18H2. The van der Waals surface area contributed by atoms with E-state index in [1.54, 1.807) is 0 Å². The largest absolute Gasteiger partial charge is 0.309 e. The number of pyridine rings is 2. The molecule has 0 amide bonds. The van der Waals surface area contributed by atoms with Crippen molar-refractivity contribution in [1.29, 1.82) is 0 Å². The topological polar surface area (TPSA) is 35.1 Å². The van der Waals surface area contributed by atoms with Crippen molar-refractivity contribution in [3.8, 4) is 16.8 Å². The Bertz CT molecular complexity index is 2220. The summed E-state index contributed by atoms with van der Waals surface area (Å²) in [4.78, 5) is 9.29. The lowest BCUT2D eigenvalue weighted by Crippen LogP contribution is -1.94. The van der Waals surface area contributed by atoms with Crippen molar-refractivity contribution >= 4 is 49.1 Å². The molecule has 0 fully saturated rings. The first kappa shape index (κ1) is 19.3. The Kier molecular flexibility index (Phi) is 3.55. The van der Waals surface area contributed by atoms with Crippen molar-refractivity contribution in [2.75, 3.05) is 0 Å². The minimum atomic E-state index is 0.885. The van der Waals surface area contributed by atoms with E-state index in [2.05, 4.69) is 105 Å². The molecule has 172 valence electrons. The quantitative estimate of drug-likeness (QED) is 0.229. The SMILES string of the molecule is c1ccc(-n2c3ccccc3c3c4c(ccc32)-c2ccc3c5cnccc5n5ccnc5c3c2C4)cc1. The number of hydrogen-bond donors (Lipinski definition) is 0. The van der Waals surface area contributed by atoms with Crippen molar-refractivity contribution in [3.63, 3.8) is 0 Å². The Morgan fingerprint density at radius 3 is 2.32 bits per heavy atom. The molecule has 0 saturated heterocycles. The van der Waals surface area contributed by atoms with Gasteiger partial charge in [-0.3, -0.25) is 9.38 Å². The van der Waals surface area contributed by atoms with Gasteiger partial charge in [-0.15, -0.1) is 0 Å². The summed E-state index contributed by atoms with van der Waals surface area (Å²) in [5.74, 6) is 0. The fraction of sp³-hybridized carbons (Fsp3) is 0.0303. The lowest BCUT2D eigenvalue weighted by molar-refractivity contribution is 1.18. The van der Waals surface area contributed by atoms with Crippen molar-refractivity contribution in [2.45, 2.75) is 6.42 Å². The molecule has 37 heavy (non-hydrogen) atoms. The van der Waals surface area contributed by atoms with E-state index in [0.29, 0.717) is 0 Å². The van der Waals surface area contributed by atoms with E-state index in [0.717, 1.165) is 23.0 Å². The van der Waals surface area contributed by atoms with Gasteiger partial charge in [-0.25, -0.2) is 4.98 Å². The molecular formula is C33H20N4. The minimum absolute atomic E-state index is 0.885. The van der Waals surface area contributed by atoms with Crippen molar-refractivity contribution in [2.24, 2.45) is 0 Å². The second kappa shape index (κ2) is 6.83. The summed E-state index contributed by atoms with van der Waals surface area (Å²) < 4.78 is 4.61. The van der Waals surface area contributed by atoms with Gasteiger partial charge >= 0.3 is 0 Å². The molecule has 0 unspecified atom stereocenters. The molecule has 0 saturated carbocycles. The smallest absolute Gasteiger partial charge is 0.145 e. The van der Waals surface area contributed by atoms with E-state index in [1.165, 1.54) is 60.5 Å². The number of benzene rings is 4. The van der Waals surface area contributed by atoms with Gasteiger partial charge in [0.1, 0.15) is 5.65 Å². The lowest BCUT2D eigenvalue weighted by atomic mass is 9.98. The number of rotatable bonds is 1. The van der Waals surface area contributed by atoms with E-state index in [-0.39, 0.29) is 0 Å². The highest BCUT2D eigenvalue weighted by atomic mass is 15.0. The third-order valence-corrected chi connectivity index (χ3v) is 8.13. The first-order valence-corrected chi connectivity index (χ1v) is 12.6. The number of nitrogens with zero attached hydrogens (tertiary/aromatic N) is 4. The molecule has 9 rings (SSSR count). The van der Waals surface area contributed by atoms with Crippen LogP contribution < -0.4 is 0 Å². The Labute approximate surface area is 212 Å². The molecule has 4 aromatic heterocycles. The van der Waals surface area contributed by atoms with Crippen LogP contribution in [0.4, 0.5) is 0 Å². The molecule has 4 aromatic carbocycles. The third-order valence-electron chi connectivity index (χ3n) is 8.13. The van der Waals surface area contributed by atoms with Crippen LogP contribution in [-0.4, -0.2) is 18.9 Å². The van der Waals surface area contributed by atoms with Gasteiger partial charge in [-0.05, 0) is 58.0 Å². The predicted molar refractivity (Wildman–Crippen MR) is 151 cm³/mol. The maximum atomic E-state index is 4.83. The van der Waals surface area contributed by atoms with Gasteiger partial charge in [-0.2, -0.15) is 0 Å². The maximum absolute atomic E-state index is 4.83. The minimum Gasteiger partial charge on any atom is -0.309 e. The first-order chi connectivity index (χ1) is 18.4.